The van der Waals surface area contributed by atoms with Crippen LogP contribution in [0.1, 0.15) is 59.3 Å². The molecule has 0 aromatic carbocycles. The zero-order valence-electron chi connectivity index (χ0n) is 25.5. The Hall–Kier alpha value is -1.00. The molecule has 1 saturated carbocycles. The zero-order valence-corrected chi connectivity index (χ0v) is 25.5. The number of rotatable bonds is 12. The van der Waals surface area contributed by atoms with E-state index >= 15 is 0 Å². The number of aliphatic hydroxyl groups excluding tert-OH is 7. The summed E-state index contributed by atoms with van der Waals surface area (Å²) in [6.45, 7) is 5.31. The molecule has 0 spiro atoms. The van der Waals surface area contributed by atoms with E-state index in [0.29, 0.717) is 12.3 Å². The summed E-state index contributed by atoms with van der Waals surface area (Å²) < 4.78 is 23.0. The van der Waals surface area contributed by atoms with Gasteiger partial charge < -0.3 is 59.8 Å². The molecule has 12 nitrogen and oxygen atoms in total. The van der Waals surface area contributed by atoms with Crippen molar-refractivity contribution in [2.75, 3.05) is 39.6 Å². The second-order valence-electron chi connectivity index (χ2n) is 13.4. The summed E-state index contributed by atoms with van der Waals surface area (Å²) in [5.41, 5.74) is -0.267. The fourth-order valence-electron chi connectivity index (χ4n) is 7.76. The Morgan fingerprint density at radius 1 is 1.05 bits per heavy atom. The molecular weight excluding hydrogens is 564 g/mol. The highest BCUT2D eigenvalue weighted by Gasteiger charge is 2.56. The Morgan fingerprint density at radius 3 is 2.44 bits per heavy atom. The van der Waals surface area contributed by atoms with E-state index < -0.39 is 55.3 Å². The van der Waals surface area contributed by atoms with Crippen molar-refractivity contribution in [3.05, 3.63) is 23.3 Å². The van der Waals surface area contributed by atoms with Gasteiger partial charge in [-0.05, 0) is 68.3 Å². The Labute approximate surface area is 253 Å². The van der Waals surface area contributed by atoms with E-state index in [0.717, 1.165) is 37.7 Å². The number of ether oxygens (including phenoxy) is 4. The number of hydrogen-bond acceptors (Lipinski definition) is 12. The van der Waals surface area contributed by atoms with Crippen molar-refractivity contribution < 1.29 is 59.8 Å². The predicted octanol–water partition coefficient (Wildman–Crippen LogP) is -0.262. The van der Waals surface area contributed by atoms with Crippen molar-refractivity contribution in [1.82, 2.24) is 0 Å². The molecule has 3 fully saturated rings. The third-order valence-electron chi connectivity index (χ3n) is 11.0. The van der Waals surface area contributed by atoms with Crippen LogP contribution in [0.5, 0.6) is 0 Å². The van der Waals surface area contributed by atoms with E-state index in [1.165, 1.54) is 5.57 Å². The van der Waals surface area contributed by atoms with E-state index in [1.54, 1.807) is 6.08 Å². The molecule has 2 aliphatic carbocycles. The molecule has 43 heavy (non-hydrogen) atoms. The summed E-state index contributed by atoms with van der Waals surface area (Å²) in [6.07, 6.45) is -0.677. The average molecular weight is 617 g/mol. The summed E-state index contributed by atoms with van der Waals surface area (Å²) in [7, 11) is 0. The smallest absolute Gasteiger partial charge is 0.186 e. The Morgan fingerprint density at radius 2 is 1.79 bits per heavy atom. The van der Waals surface area contributed by atoms with E-state index in [-0.39, 0.29) is 49.8 Å². The quantitative estimate of drug-likeness (QED) is 0.134. The molecule has 248 valence electrons. The number of aliphatic hydroxyl groups is 8. The summed E-state index contributed by atoms with van der Waals surface area (Å²) in [5, 5.41) is 81.1. The molecule has 4 rings (SSSR count). The minimum atomic E-state index is -1.87. The average Bonchev–Trinajstić information content (AvgIpc) is 3.29. The van der Waals surface area contributed by atoms with Gasteiger partial charge in [0.25, 0.3) is 0 Å². The largest absolute Gasteiger partial charge is 0.393 e. The van der Waals surface area contributed by atoms with Crippen molar-refractivity contribution in [3.63, 3.8) is 0 Å². The molecule has 12 atom stereocenters. The lowest BCUT2D eigenvalue weighted by Gasteiger charge is -2.59. The van der Waals surface area contributed by atoms with E-state index in [4.69, 9.17) is 18.9 Å². The highest BCUT2D eigenvalue weighted by atomic mass is 16.7. The highest BCUT2D eigenvalue weighted by molar-refractivity contribution is 5.23. The van der Waals surface area contributed by atoms with Gasteiger partial charge in [0.15, 0.2) is 12.6 Å². The molecule has 0 aromatic heterocycles. The summed E-state index contributed by atoms with van der Waals surface area (Å²) >= 11 is 0. The second kappa shape index (κ2) is 14.2. The standard InChI is InChI=1S/C31H52O12/c1-18-7-11-30(19(2)5-4-6-22(30)29(18,3)10-8-20(13-33)9-12-32)16-41-27-25(37)24(36)23(35)21(43-27)14-40-28-26(38)31(39,15-34)17-42-28/h5,9,18,21-28,32-39H,4,6-8,10-17H2,1-3H3/b20-9-/t18-,21-,22-,23-,24+,25-,26+,27-,28-,29+,30-,31-/m1/s1. The maximum atomic E-state index is 10.8. The Kier molecular flexibility index (Phi) is 11.5. The fraction of sp³-hybridized carbons (Fsp3) is 0.871. The maximum Gasteiger partial charge on any atom is 0.186 e. The molecular formula is C31H52O12. The topological polar surface area (TPSA) is 199 Å². The molecule has 0 amide bonds. The van der Waals surface area contributed by atoms with Gasteiger partial charge in [0.05, 0.1) is 39.6 Å². The first-order chi connectivity index (χ1) is 20.4. The number of hydrogen-bond donors (Lipinski definition) is 8. The van der Waals surface area contributed by atoms with Crippen LogP contribution in [0, 0.1) is 22.7 Å². The zero-order chi connectivity index (χ0) is 31.6. The molecule has 2 saturated heterocycles. The summed E-state index contributed by atoms with van der Waals surface area (Å²) in [5.74, 6) is 0.654. The lowest BCUT2D eigenvalue weighted by Crippen LogP contribution is -2.60. The SMILES string of the molecule is CC1=CCC[C@H]2[C@@]1(CO[C@@H]1O[C@H](CO[C@@H]3OC[C@](O)(CO)[C@H]3O)[C@@H](O)[C@H](O)[C@H]1O)CC[C@@H](C)[C@]2(C)CC/C(=C/CO)CO. The van der Waals surface area contributed by atoms with Gasteiger partial charge in [-0.25, -0.2) is 0 Å². The Bertz CT molecular complexity index is 990. The summed E-state index contributed by atoms with van der Waals surface area (Å²) in [4.78, 5) is 0. The lowest BCUT2D eigenvalue weighted by molar-refractivity contribution is -0.316. The lowest BCUT2D eigenvalue weighted by atomic mass is 9.46. The van der Waals surface area contributed by atoms with Gasteiger partial charge in [-0.1, -0.05) is 31.6 Å². The van der Waals surface area contributed by atoms with E-state index in [9.17, 15) is 40.9 Å². The molecule has 0 radical (unpaired) electrons. The van der Waals surface area contributed by atoms with Crippen LogP contribution >= 0.6 is 0 Å². The number of fused-ring (bicyclic) bond motifs is 1. The van der Waals surface area contributed by atoms with Gasteiger partial charge in [-0.3, -0.25) is 0 Å². The molecule has 8 N–H and O–H groups in total. The van der Waals surface area contributed by atoms with Crippen LogP contribution in [0.2, 0.25) is 0 Å². The van der Waals surface area contributed by atoms with Crippen molar-refractivity contribution in [1.29, 1.82) is 0 Å². The van der Waals surface area contributed by atoms with E-state index in [1.807, 2.05) is 0 Å². The second-order valence-corrected chi connectivity index (χ2v) is 13.4. The molecule has 4 aliphatic rings. The minimum absolute atomic E-state index is 0.0857. The van der Waals surface area contributed by atoms with Crippen LogP contribution in [0.3, 0.4) is 0 Å². The number of allylic oxidation sites excluding steroid dienone is 1. The minimum Gasteiger partial charge on any atom is -0.393 e. The van der Waals surface area contributed by atoms with Crippen molar-refractivity contribution >= 4 is 0 Å². The molecule has 2 heterocycles. The van der Waals surface area contributed by atoms with Crippen molar-refractivity contribution in [2.45, 2.75) is 108 Å². The first-order valence-corrected chi connectivity index (χ1v) is 15.5. The molecule has 0 aromatic rings. The van der Waals surface area contributed by atoms with Gasteiger partial charge in [-0.2, -0.15) is 0 Å². The van der Waals surface area contributed by atoms with Gasteiger partial charge in [0.2, 0.25) is 0 Å². The fourth-order valence-corrected chi connectivity index (χ4v) is 7.76. The van der Waals surface area contributed by atoms with Crippen LogP contribution in [-0.2, 0) is 18.9 Å². The van der Waals surface area contributed by atoms with E-state index in [2.05, 4.69) is 26.8 Å². The molecule has 2 aliphatic heterocycles. The van der Waals surface area contributed by atoms with Crippen LogP contribution in [-0.4, -0.2) is 129 Å². The van der Waals surface area contributed by atoms with Gasteiger partial charge in [0.1, 0.15) is 36.1 Å². The van der Waals surface area contributed by atoms with Gasteiger partial charge in [0, 0.05) is 5.41 Å². The molecule has 0 bridgehead atoms. The first-order valence-electron chi connectivity index (χ1n) is 15.5. The third kappa shape index (κ3) is 6.77. The third-order valence-corrected chi connectivity index (χ3v) is 11.0. The molecule has 12 heteroatoms. The molecule has 0 unspecified atom stereocenters. The van der Waals surface area contributed by atoms with Crippen LogP contribution in [0.25, 0.3) is 0 Å². The highest BCUT2D eigenvalue weighted by Crippen LogP contribution is 2.62. The normalized spacial score (nSPS) is 45.6. The van der Waals surface area contributed by atoms with Crippen LogP contribution < -0.4 is 0 Å². The van der Waals surface area contributed by atoms with Crippen LogP contribution in [0.4, 0.5) is 0 Å². The summed E-state index contributed by atoms with van der Waals surface area (Å²) in [6, 6.07) is 0. The maximum absolute atomic E-state index is 10.8. The first kappa shape index (κ1) is 34.9. The Balaban J connectivity index is 1.47. The monoisotopic (exact) mass is 616 g/mol. The predicted molar refractivity (Wildman–Crippen MR) is 153 cm³/mol. The van der Waals surface area contributed by atoms with Crippen molar-refractivity contribution in [3.8, 4) is 0 Å². The van der Waals surface area contributed by atoms with Crippen LogP contribution in [0.15, 0.2) is 23.3 Å². The van der Waals surface area contributed by atoms with Gasteiger partial charge >= 0.3 is 0 Å². The van der Waals surface area contributed by atoms with Crippen molar-refractivity contribution in [2.24, 2.45) is 22.7 Å². The van der Waals surface area contributed by atoms with Gasteiger partial charge in [-0.15, -0.1) is 0 Å².